The predicted octanol–water partition coefficient (Wildman–Crippen LogP) is 2.75. The molecule has 0 aromatic heterocycles. The number of aliphatic hydroxyl groups is 1. The normalized spacial score (nSPS) is 44.5. The van der Waals surface area contributed by atoms with E-state index in [1.807, 2.05) is 20.8 Å². The summed E-state index contributed by atoms with van der Waals surface area (Å²) in [4.78, 5) is 50.5. The maximum absolute atomic E-state index is 13.9. The van der Waals surface area contributed by atoms with Crippen molar-refractivity contribution in [2.75, 3.05) is 0 Å². The van der Waals surface area contributed by atoms with E-state index >= 15 is 0 Å². The third-order valence-corrected chi connectivity index (χ3v) is 9.29. The van der Waals surface area contributed by atoms with Crippen LogP contribution in [0.2, 0.25) is 0 Å². The molecule has 0 heterocycles. The lowest BCUT2D eigenvalue weighted by Gasteiger charge is -2.68. The van der Waals surface area contributed by atoms with Crippen LogP contribution in [0.3, 0.4) is 0 Å². The van der Waals surface area contributed by atoms with Crippen LogP contribution in [0.5, 0.6) is 0 Å². The van der Waals surface area contributed by atoms with Gasteiger partial charge in [0.25, 0.3) is 0 Å². The summed E-state index contributed by atoms with van der Waals surface area (Å²) in [5.74, 6) is -2.94. The first-order valence-electron chi connectivity index (χ1n) is 12.1. The fraction of sp³-hybridized carbons (Fsp3) is 0.769. The van der Waals surface area contributed by atoms with Crippen molar-refractivity contribution in [2.24, 2.45) is 34.0 Å². The first-order valence-corrected chi connectivity index (χ1v) is 12.1. The second-order valence-corrected chi connectivity index (χ2v) is 11.6. The molecule has 4 aliphatic rings. The summed E-state index contributed by atoms with van der Waals surface area (Å²) in [5, 5.41) is 11.5. The molecule has 0 radical (unpaired) electrons. The molecular formula is C26H36O8. The molecule has 0 amide bonds. The number of carbonyl (C=O) groups excluding carboxylic acids is 4. The van der Waals surface area contributed by atoms with Crippen LogP contribution >= 0.6 is 0 Å². The van der Waals surface area contributed by atoms with E-state index in [-0.39, 0.29) is 11.7 Å². The summed E-state index contributed by atoms with van der Waals surface area (Å²) in [6.07, 6.45) is -1.38. The van der Waals surface area contributed by atoms with E-state index in [2.05, 4.69) is 6.58 Å². The third-order valence-electron chi connectivity index (χ3n) is 9.29. The van der Waals surface area contributed by atoms with Crippen LogP contribution in [0.25, 0.3) is 0 Å². The smallest absolute Gasteiger partial charge is 0.303 e. The summed E-state index contributed by atoms with van der Waals surface area (Å²) in [5.41, 5.74) is -2.13. The molecule has 0 saturated heterocycles. The van der Waals surface area contributed by atoms with Crippen molar-refractivity contribution >= 4 is 23.7 Å². The molecule has 9 atom stereocenters. The van der Waals surface area contributed by atoms with Crippen molar-refractivity contribution in [3.05, 3.63) is 12.2 Å². The molecule has 2 bridgehead atoms. The average Bonchev–Trinajstić information content (AvgIpc) is 2.88. The van der Waals surface area contributed by atoms with Crippen LogP contribution in [-0.4, -0.2) is 53.2 Å². The van der Waals surface area contributed by atoms with Crippen LogP contribution in [0.15, 0.2) is 12.2 Å². The maximum atomic E-state index is 13.9. The molecule has 0 aliphatic heterocycles. The van der Waals surface area contributed by atoms with Crippen LogP contribution in [0.4, 0.5) is 0 Å². The van der Waals surface area contributed by atoms with Crippen molar-refractivity contribution < 1.29 is 38.5 Å². The minimum atomic E-state index is -1.22. The highest BCUT2D eigenvalue weighted by atomic mass is 16.6. The van der Waals surface area contributed by atoms with Gasteiger partial charge in [-0.25, -0.2) is 0 Å². The number of esters is 3. The minimum Gasteiger partial charge on any atom is -0.462 e. The summed E-state index contributed by atoms with van der Waals surface area (Å²) in [6.45, 7) is 13.9. The molecule has 0 unspecified atom stereocenters. The monoisotopic (exact) mass is 476 g/mol. The molecule has 4 aliphatic carbocycles. The quantitative estimate of drug-likeness (QED) is 0.376. The number of fused-ring (bicyclic) bond motifs is 3. The van der Waals surface area contributed by atoms with Crippen molar-refractivity contribution in [1.82, 2.24) is 0 Å². The molecule has 1 N–H and O–H groups in total. The fourth-order valence-electron chi connectivity index (χ4n) is 8.54. The lowest BCUT2D eigenvalue weighted by molar-refractivity contribution is -0.285. The van der Waals surface area contributed by atoms with Gasteiger partial charge in [-0.05, 0) is 42.6 Å². The number of allylic oxidation sites excluding steroid dienone is 1. The second kappa shape index (κ2) is 7.90. The van der Waals surface area contributed by atoms with Crippen LogP contribution in [0, 0.1) is 34.0 Å². The summed E-state index contributed by atoms with van der Waals surface area (Å²) in [6, 6.07) is 0. The zero-order chi connectivity index (χ0) is 25.4. The Balaban J connectivity index is 1.97. The number of hydrogen-bond acceptors (Lipinski definition) is 8. The maximum Gasteiger partial charge on any atom is 0.303 e. The van der Waals surface area contributed by atoms with Crippen LogP contribution in [0.1, 0.15) is 67.2 Å². The van der Waals surface area contributed by atoms with E-state index < -0.39 is 70.4 Å². The third kappa shape index (κ3) is 3.28. The van der Waals surface area contributed by atoms with Gasteiger partial charge in [-0.2, -0.15) is 0 Å². The van der Waals surface area contributed by atoms with Gasteiger partial charge in [0.05, 0.1) is 11.5 Å². The molecule has 8 heteroatoms. The Kier molecular flexibility index (Phi) is 5.78. The fourth-order valence-corrected chi connectivity index (χ4v) is 8.54. The molecule has 8 nitrogen and oxygen atoms in total. The number of ether oxygens (including phenoxy) is 3. The van der Waals surface area contributed by atoms with Gasteiger partial charge >= 0.3 is 17.9 Å². The van der Waals surface area contributed by atoms with Crippen LogP contribution in [-0.2, 0) is 33.4 Å². The molecule has 4 rings (SSSR count). The molecule has 4 saturated carbocycles. The number of Topliss-reactive ketones (excluding diaryl/α,β-unsaturated/α-hetero) is 1. The minimum absolute atomic E-state index is 0.206. The molecule has 0 aromatic carbocycles. The van der Waals surface area contributed by atoms with E-state index in [9.17, 15) is 24.3 Å². The standard InChI is InChI=1S/C26H36O8/c1-12-16-10-17(30)20-25(7)9-8-18(32-13(2)27)24(5,6)21(25)19(33-14(3)28)23(34-15(4)29)26(20,11-16)22(12)31/h16-21,23,30H,1,8-11H2,2-7H3/t16-,17+,18+,19-,20+,21-,23+,25+,26+/m1/s1. The first-order chi connectivity index (χ1) is 15.7. The van der Waals surface area contributed by atoms with E-state index in [0.717, 1.165) is 0 Å². The number of rotatable bonds is 3. The molecule has 0 aromatic rings. The molecule has 188 valence electrons. The average molecular weight is 477 g/mol. The zero-order valence-corrected chi connectivity index (χ0v) is 20.9. The SMILES string of the molecule is C=C1C(=O)[C@]23C[C@H]1C[C@H](O)[C@H]2[C@]1(C)CC[C@H](OC(C)=O)C(C)(C)[C@H]1[C@@H](OC(C)=O)[C@@H]3OC(C)=O. The van der Waals surface area contributed by atoms with Crippen molar-refractivity contribution in [3.8, 4) is 0 Å². The summed E-state index contributed by atoms with van der Waals surface area (Å²) < 4.78 is 17.5. The molecule has 1 spiro atoms. The lowest BCUT2D eigenvalue weighted by atomic mass is 9.38. The van der Waals surface area contributed by atoms with Gasteiger partial charge in [-0.15, -0.1) is 0 Å². The Labute approximate surface area is 200 Å². The van der Waals surface area contributed by atoms with E-state index in [0.29, 0.717) is 31.3 Å². The summed E-state index contributed by atoms with van der Waals surface area (Å²) in [7, 11) is 0. The Morgan fingerprint density at radius 3 is 2.12 bits per heavy atom. The van der Waals surface area contributed by atoms with Gasteiger partial charge in [-0.1, -0.05) is 27.4 Å². The zero-order valence-electron chi connectivity index (χ0n) is 20.9. The van der Waals surface area contributed by atoms with Gasteiger partial charge in [0.1, 0.15) is 12.2 Å². The lowest BCUT2D eigenvalue weighted by Crippen LogP contribution is -2.74. The molecule has 4 fully saturated rings. The highest BCUT2D eigenvalue weighted by Gasteiger charge is 2.77. The first kappa shape index (κ1) is 24.9. The van der Waals surface area contributed by atoms with Gasteiger partial charge in [0.15, 0.2) is 11.9 Å². The number of ketones is 1. The van der Waals surface area contributed by atoms with E-state index in [1.54, 1.807) is 0 Å². The topological polar surface area (TPSA) is 116 Å². The van der Waals surface area contributed by atoms with Crippen LogP contribution < -0.4 is 0 Å². The van der Waals surface area contributed by atoms with E-state index in [1.165, 1.54) is 20.8 Å². The number of carbonyl (C=O) groups is 4. The highest BCUT2D eigenvalue weighted by molar-refractivity contribution is 6.04. The van der Waals surface area contributed by atoms with Gasteiger partial charge < -0.3 is 19.3 Å². The molecule has 34 heavy (non-hydrogen) atoms. The van der Waals surface area contributed by atoms with Crippen molar-refractivity contribution in [2.45, 2.75) is 91.6 Å². The number of hydrogen-bond donors (Lipinski definition) is 1. The van der Waals surface area contributed by atoms with Gasteiger partial charge in [0, 0.05) is 38.0 Å². The van der Waals surface area contributed by atoms with Gasteiger partial charge in [-0.3, -0.25) is 19.2 Å². The Morgan fingerprint density at radius 1 is 0.971 bits per heavy atom. The predicted molar refractivity (Wildman–Crippen MR) is 120 cm³/mol. The largest absolute Gasteiger partial charge is 0.462 e. The highest BCUT2D eigenvalue weighted by Crippen LogP contribution is 2.72. The van der Waals surface area contributed by atoms with Gasteiger partial charge in [0.2, 0.25) is 0 Å². The molecular weight excluding hydrogens is 440 g/mol. The summed E-state index contributed by atoms with van der Waals surface area (Å²) >= 11 is 0. The number of aliphatic hydroxyl groups excluding tert-OH is 1. The van der Waals surface area contributed by atoms with Crippen molar-refractivity contribution in [3.63, 3.8) is 0 Å². The van der Waals surface area contributed by atoms with Crippen molar-refractivity contribution in [1.29, 1.82) is 0 Å². The Morgan fingerprint density at radius 2 is 1.56 bits per heavy atom. The Bertz CT molecular complexity index is 952. The van der Waals surface area contributed by atoms with E-state index in [4.69, 9.17) is 14.2 Å². The Hall–Kier alpha value is -2.22. The second-order valence-electron chi connectivity index (χ2n) is 11.6.